The fourth-order valence-corrected chi connectivity index (χ4v) is 2.37. The van der Waals surface area contributed by atoms with Gasteiger partial charge in [-0.1, -0.05) is 6.58 Å². The van der Waals surface area contributed by atoms with Crippen LogP contribution < -0.4 is 10.2 Å². The van der Waals surface area contributed by atoms with Crippen LogP contribution in [-0.4, -0.2) is 47.0 Å². The Labute approximate surface area is 138 Å². The van der Waals surface area contributed by atoms with Crippen molar-refractivity contribution in [3.8, 4) is 0 Å². The first-order valence-corrected chi connectivity index (χ1v) is 8.33. The minimum absolute atomic E-state index is 0.188. The molecule has 0 aliphatic carbocycles. The van der Waals surface area contributed by atoms with Gasteiger partial charge in [0.15, 0.2) is 0 Å². The number of rotatable bonds is 9. The summed E-state index contributed by atoms with van der Waals surface area (Å²) in [6.07, 6.45) is 4.59. The van der Waals surface area contributed by atoms with Gasteiger partial charge in [0.2, 0.25) is 11.8 Å². The number of carboxylic acids is 1. The zero-order valence-corrected chi connectivity index (χ0v) is 13.8. The number of nitrogens with one attached hydrogen (secondary N) is 1. The van der Waals surface area contributed by atoms with Gasteiger partial charge in [-0.2, -0.15) is 11.8 Å². The second kappa shape index (κ2) is 9.04. The molecule has 1 aromatic rings. The summed E-state index contributed by atoms with van der Waals surface area (Å²) in [5.74, 6) is -1.42. The molecule has 0 radical (unpaired) electrons. The van der Waals surface area contributed by atoms with Crippen molar-refractivity contribution in [1.82, 2.24) is 5.32 Å². The number of amides is 2. The molecule has 2 atom stereocenters. The molecule has 2 amide bonds. The van der Waals surface area contributed by atoms with Gasteiger partial charge in [-0.05, 0) is 37.5 Å². The molecule has 2 unspecified atom stereocenters. The first-order chi connectivity index (χ1) is 10.9. The molecule has 126 valence electrons. The second-order valence-corrected chi connectivity index (χ2v) is 5.71. The van der Waals surface area contributed by atoms with Gasteiger partial charge in [0.25, 0.3) is 5.91 Å². The predicted molar refractivity (Wildman–Crippen MR) is 88.4 cm³/mol. The highest BCUT2D eigenvalue weighted by Crippen LogP contribution is 2.18. The molecular formula is C15H20N2O5S. The number of furan rings is 1. The molecule has 0 fully saturated rings. The molecule has 7 nitrogen and oxygen atoms in total. The molecule has 0 aliphatic heterocycles. The third-order valence-electron chi connectivity index (χ3n) is 3.15. The van der Waals surface area contributed by atoms with Crippen LogP contribution in [0.25, 0.3) is 0 Å². The fraction of sp³-hybridized carbons (Fsp3) is 0.400. The molecule has 0 aliphatic rings. The molecule has 0 aromatic carbocycles. The lowest BCUT2D eigenvalue weighted by atomic mass is 10.2. The monoisotopic (exact) mass is 340 g/mol. The van der Waals surface area contributed by atoms with E-state index >= 15 is 0 Å². The molecular weight excluding hydrogens is 320 g/mol. The minimum Gasteiger partial charge on any atom is -0.480 e. The van der Waals surface area contributed by atoms with Crippen LogP contribution in [0.5, 0.6) is 0 Å². The Balaban J connectivity index is 2.88. The SMILES string of the molecule is C=CC(=O)N(c1ccco1)C(C)C(=O)NC(CCSC)C(=O)O. The number of nitrogens with zero attached hydrogens (tertiary/aromatic N) is 1. The van der Waals surface area contributed by atoms with Crippen LogP contribution in [0.15, 0.2) is 35.5 Å². The Morgan fingerprint density at radius 1 is 1.52 bits per heavy atom. The molecule has 0 spiro atoms. The van der Waals surface area contributed by atoms with E-state index in [0.717, 1.165) is 11.0 Å². The van der Waals surface area contributed by atoms with Crippen LogP contribution in [0.1, 0.15) is 13.3 Å². The van der Waals surface area contributed by atoms with Crippen LogP contribution in [-0.2, 0) is 14.4 Å². The van der Waals surface area contributed by atoms with Gasteiger partial charge in [-0.3, -0.25) is 14.5 Å². The van der Waals surface area contributed by atoms with E-state index in [1.807, 2.05) is 6.26 Å². The van der Waals surface area contributed by atoms with Crippen LogP contribution in [0.3, 0.4) is 0 Å². The summed E-state index contributed by atoms with van der Waals surface area (Å²) in [5.41, 5.74) is 0. The predicted octanol–water partition coefficient (Wildman–Crippen LogP) is 1.51. The first kappa shape index (κ1) is 18.8. The zero-order chi connectivity index (χ0) is 17.4. The summed E-state index contributed by atoms with van der Waals surface area (Å²) in [5, 5.41) is 11.6. The van der Waals surface area contributed by atoms with Crippen molar-refractivity contribution in [2.24, 2.45) is 0 Å². The number of anilines is 1. The van der Waals surface area contributed by atoms with Crippen molar-refractivity contribution in [2.75, 3.05) is 16.9 Å². The average molecular weight is 340 g/mol. The quantitative estimate of drug-likeness (QED) is 0.661. The Morgan fingerprint density at radius 2 is 2.22 bits per heavy atom. The fourth-order valence-electron chi connectivity index (χ4n) is 1.90. The third kappa shape index (κ3) is 5.17. The number of aliphatic carboxylic acids is 1. The number of thioether (sulfide) groups is 1. The third-order valence-corrected chi connectivity index (χ3v) is 3.79. The lowest BCUT2D eigenvalue weighted by molar-refractivity contribution is -0.142. The molecule has 1 heterocycles. The Kier molecular flexibility index (Phi) is 7.40. The summed E-state index contributed by atoms with van der Waals surface area (Å²) in [6.45, 7) is 4.89. The summed E-state index contributed by atoms with van der Waals surface area (Å²) < 4.78 is 5.16. The van der Waals surface area contributed by atoms with E-state index < -0.39 is 29.9 Å². The van der Waals surface area contributed by atoms with E-state index in [4.69, 9.17) is 9.52 Å². The Hall–Kier alpha value is -2.22. The van der Waals surface area contributed by atoms with Crippen molar-refractivity contribution in [3.05, 3.63) is 31.1 Å². The highest BCUT2D eigenvalue weighted by molar-refractivity contribution is 7.98. The summed E-state index contributed by atoms with van der Waals surface area (Å²) in [7, 11) is 0. The standard InChI is InChI=1S/C15H20N2O5S/c1-4-12(18)17(13-6-5-8-22-13)10(2)14(19)16-11(15(20)21)7-9-23-3/h4-6,8,10-11H,1,7,9H2,2-3H3,(H,16,19)(H,20,21). The largest absolute Gasteiger partial charge is 0.480 e. The zero-order valence-electron chi connectivity index (χ0n) is 13.0. The van der Waals surface area contributed by atoms with E-state index in [9.17, 15) is 14.4 Å². The molecule has 0 saturated heterocycles. The minimum atomic E-state index is -1.11. The number of carbonyl (C=O) groups excluding carboxylic acids is 2. The molecule has 1 rings (SSSR count). The number of carbonyl (C=O) groups is 3. The number of hydrogen-bond acceptors (Lipinski definition) is 5. The summed E-state index contributed by atoms with van der Waals surface area (Å²) >= 11 is 1.49. The van der Waals surface area contributed by atoms with Crippen LogP contribution >= 0.6 is 11.8 Å². The maximum absolute atomic E-state index is 12.3. The maximum atomic E-state index is 12.3. The normalized spacial score (nSPS) is 13.0. The first-order valence-electron chi connectivity index (χ1n) is 6.93. The van der Waals surface area contributed by atoms with Gasteiger partial charge < -0.3 is 14.8 Å². The summed E-state index contributed by atoms with van der Waals surface area (Å²) in [6, 6.07) is 1.17. The van der Waals surface area contributed by atoms with Gasteiger partial charge >= 0.3 is 5.97 Å². The lowest BCUT2D eigenvalue weighted by Crippen LogP contribution is -2.52. The van der Waals surface area contributed by atoms with E-state index in [1.165, 1.54) is 31.0 Å². The van der Waals surface area contributed by atoms with Gasteiger partial charge in [0, 0.05) is 6.07 Å². The lowest BCUT2D eigenvalue weighted by Gasteiger charge is -2.26. The van der Waals surface area contributed by atoms with E-state index in [0.29, 0.717) is 12.2 Å². The molecule has 8 heteroatoms. The van der Waals surface area contributed by atoms with E-state index in [2.05, 4.69) is 11.9 Å². The maximum Gasteiger partial charge on any atom is 0.326 e. The highest BCUT2D eigenvalue weighted by Gasteiger charge is 2.30. The molecule has 0 saturated carbocycles. The summed E-state index contributed by atoms with van der Waals surface area (Å²) in [4.78, 5) is 36.7. The second-order valence-electron chi connectivity index (χ2n) is 4.72. The van der Waals surface area contributed by atoms with E-state index in [-0.39, 0.29) is 5.88 Å². The van der Waals surface area contributed by atoms with Crippen LogP contribution in [0, 0.1) is 0 Å². The number of carboxylic acid groups (broad SMARTS) is 1. The highest BCUT2D eigenvalue weighted by atomic mass is 32.2. The van der Waals surface area contributed by atoms with Crippen molar-refractivity contribution >= 4 is 35.4 Å². The smallest absolute Gasteiger partial charge is 0.326 e. The molecule has 0 bridgehead atoms. The van der Waals surface area contributed by atoms with Gasteiger partial charge in [0.1, 0.15) is 12.1 Å². The molecule has 2 N–H and O–H groups in total. The van der Waals surface area contributed by atoms with Crippen molar-refractivity contribution in [1.29, 1.82) is 0 Å². The van der Waals surface area contributed by atoms with Gasteiger partial charge in [0.05, 0.1) is 6.26 Å². The van der Waals surface area contributed by atoms with E-state index in [1.54, 1.807) is 6.07 Å². The molecule has 1 aromatic heterocycles. The van der Waals surface area contributed by atoms with Gasteiger partial charge in [-0.15, -0.1) is 0 Å². The Bertz CT molecular complexity index is 558. The molecule has 23 heavy (non-hydrogen) atoms. The van der Waals surface area contributed by atoms with Gasteiger partial charge in [-0.25, -0.2) is 4.79 Å². The average Bonchev–Trinajstić information content (AvgIpc) is 3.04. The van der Waals surface area contributed by atoms with Crippen LogP contribution in [0.4, 0.5) is 5.88 Å². The van der Waals surface area contributed by atoms with Crippen molar-refractivity contribution in [2.45, 2.75) is 25.4 Å². The van der Waals surface area contributed by atoms with Crippen LogP contribution in [0.2, 0.25) is 0 Å². The van der Waals surface area contributed by atoms with Crippen molar-refractivity contribution < 1.29 is 23.9 Å². The Morgan fingerprint density at radius 3 is 2.70 bits per heavy atom. The number of hydrogen-bond donors (Lipinski definition) is 2. The van der Waals surface area contributed by atoms with Crippen molar-refractivity contribution in [3.63, 3.8) is 0 Å². The topological polar surface area (TPSA) is 99.9 Å².